The van der Waals surface area contributed by atoms with Gasteiger partial charge in [0, 0.05) is 12.2 Å². The molecular weight excluding hydrogens is 280 g/mol. The molecule has 1 aliphatic heterocycles. The minimum Gasteiger partial charge on any atom is -0.454 e. The number of amides is 1. The van der Waals surface area contributed by atoms with Gasteiger partial charge in [0.15, 0.2) is 11.5 Å². The number of rotatable bonds is 5. The molecule has 0 radical (unpaired) electrons. The van der Waals surface area contributed by atoms with E-state index < -0.39 is 0 Å². The van der Waals surface area contributed by atoms with Gasteiger partial charge in [-0.15, -0.1) is 0 Å². The van der Waals surface area contributed by atoms with Crippen LogP contribution in [-0.4, -0.2) is 31.2 Å². The summed E-state index contributed by atoms with van der Waals surface area (Å²) in [7, 11) is 1.91. The van der Waals surface area contributed by atoms with E-state index in [2.05, 4.69) is 5.32 Å². The van der Waals surface area contributed by atoms with Crippen LogP contribution in [0.1, 0.15) is 5.56 Å². The van der Waals surface area contributed by atoms with Crippen molar-refractivity contribution in [2.75, 3.05) is 25.7 Å². The van der Waals surface area contributed by atoms with Crippen LogP contribution < -0.4 is 14.8 Å². The van der Waals surface area contributed by atoms with Crippen LogP contribution >= 0.6 is 0 Å². The first-order valence-electron chi connectivity index (χ1n) is 7.13. The van der Waals surface area contributed by atoms with Crippen molar-refractivity contribution >= 4 is 11.6 Å². The number of carbonyl (C=O) groups excluding carboxylic acids is 1. The number of hydrogen-bond acceptors (Lipinski definition) is 4. The van der Waals surface area contributed by atoms with Crippen molar-refractivity contribution in [3.63, 3.8) is 0 Å². The lowest BCUT2D eigenvalue weighted by molar-refractivity contribution is -0.117. The van der Waals surface area contributed by atoms with Gasteiger partial charge < -0.3 is 14.8 Å². The van der Waals surface area contributed by atoms with Crippen LogP contribution in [0.25, 0.3) is 0 Å². The zero-order valence-electron chi connectivity index (χ0n) is 12.4. The maximum absolute atomic E-state index is 12.0. The van der Waals surface area contributed by atoms with Crippen molar-refractivity contribution in [3.05, 3.63) is 54.1 Å². The van der Waals surface area contributed by atoms with Crippen molar-refractivity contribution in [2.45, 2.75) is 6.54 Å². The summed E-state index contributed by atoms with van der Waals surface area (Å²) in [6.45, 7) is 1.26. The Labute approximate surface area is 129 Å². The Morgan fingerprint density at radius 2 is 1.91 bits per heavy atom. The molecule has 1 N–H and O–H groups in total. The molecule has 0 aromatic heterocycles. The first-order valence-corrected chi connectivity index (χ1v) is 7.13. The molecule has 5 heteroatoms. The number of ether oxygens (including phenoxy) is 2. The highest BCUT2D eigenvalue weighted by molar-refractivity contribution is 5.92. The van der Waals surface area contributed by atoms with E-state index >= 15 is 0 Å². The fraction of sp³-hybridized carbons (Fsp3) is 0.235. The summed E-state index contributed by atoms with van der Waals surface area (Å²) in [5.41, 5.74) is 1.89. The van der Waals surface area contributed by atoms with Crippen LogP contribution in [0.2, 0.25) is 0 Å². The van der Waals surface area contributed by atoms with E-state index in [9.17, 15) is 4.79 Å². The van der Waals surface area contributed by atoms with Crippen LogP contribution in [0, 0.1) is 0 Å². The van der Waals surface area contributed by atoms with E-state index in [0.717, 1.165) is 22.7 Å². The van der Waals surface area contributed by atoms with Gasteiger partial charge in [-0.2, -0.15) is 0 Å². The Morgan fingerprint density at radius 1 is 1.14 bits per heavy atom. The number of fused-ring (bicyclic) bond motifs is 1. The Balaban J connectivity index is 1.54. The smallest absolute Gasteiger partial charge is 0.238 e. The molecule has 1 heterocycles. The molecular formula is C17H18N2O3. The van der Waals surface area contributed by atoms with Gasteiger partial charge >= 0.3 is 0 Å². The number of para-hydroxylation sites is 1. The molecule has 0 atom stereocenters. The predicted octanol–water partition coefficient (Wildman–Crippen LogP) is 2.49. The Kier molecular flexibility index (Phi) is 4.25. The summed E-state index contributed by atoms with van der Waals surface area (Å²) in [4.78, 5) is 14.0. The second-order valence-electron chi connectivity index (χ2n) is 5.27. The van der Waals surface area contributed by atoms with Gasteiger partial charge in [-0.05, 0) is 36.9 Å². The lowest BCUT2D eigenvalue weighted by atomic mass is 10.2. The summed E-state index contributed by atoms with van der Waals surface area (Å²) in [5.74, 6) is 1.50. The van der Waals surface area contributed by atoms with Crippen LogP contribution in [0.3, 0.4) is 0 Å². The van der Waals surface area contributed by atoms with Crippen molar-refractivity contribution in [2.24, 2.45) is 0 Å². The molecule has 0 spiro atoms. The second-order valence-corrected chi connectivity index (χ2v) is 5.27. The third-order valence-electron chi connectivity index (χ3n) is 3.36. The number of likely N-dealkylation sites (N-methyl/N-ethyl adjacent to an activating group) is 1. The van der Waals surface area contributed by atoms with E-state index in [1.807, 2.05) is 60.5 Å². The zero-order chi connectivity index (χ0) is 15.4. The van der Waals surface area contributed by atoms with Crippen molar-refractivity contribution < 1.29 is 14.3 Å². The molecule has 0 bridgehead atoms. The Hall–Kier alpha value is -2.53. The first kappa shape index (κ1) is 14.4. The molecule has 0 fully saturated rings. The third-order valence-corrected chi connectivity index (χ3v) is 3.36. The average molecular weight is 298 g/mol. The summed E-state index contributed by atoms with van der Waals surface area (Å²) in [5, 5.41) is 2.87. The number of anilines is 1. The molecule has 22 heavy (non-hydrogen) atoms. The van der Waals surface area contributed by atoms with Crippen molar-refractivity contribution in [3.8, 4) is 11.5 Å². The van der Waals surface area contributed by atoms with Crippen molar-refractivity contribution in [1.82, 2.24) is 4.90 Å². The minimum absolute atomic E-state index is 0.0329. The maximum atomic E-state index is 12.0. The molecule has 2 aromatic rings. The molecule has 3 rings (SSSR count). The molecule has 0 aliphatic carbocycles. The van der Waals surface area contributed by atoms with E-state index in [0.29, 0.717) is 13.1 Å². The minimum atomic E-state index is -0.0329. The van der Waals surface area contributed by atoms with Crippen LogP contribution in [-0.2, 0) is 11.3 Å². The van der Waals surface area contributed by atoms with Crippen LogP contribution in [0.15, 0.2) is 48.5 Å². The number of hydrogen-bond donors (Lipinski definition) is 1. The van der Waals surface area contributed by atoms with Gasteiger partial charge in [-0.25, -0.2) is 0 Å². The summed E-state index contributed by atoms with van der Waals surface area (Å²) < 4.78 is 10.7. The standard InChI is InChI=1S/C17H18N2O3/c1-19(11-17(20)18-14-5-3-2-4-6-14)10-13-7-8-15-16(9-13)22-12-21-15/h2-9H,10-12H2,1H3,(H,18,20). The van der Waals surface area contributed by atoms with E-state index in [1.54, 1.807) is 0 Å². The van der Waals surface area contributed by atoms with E-state index in [4.69, 9.17) is 9.47 Å². The second kappa shape index (κ2) is 6.49. The number of nitrogens with one attached hydrogen (secondary N) is 1. The summed E-state index contributed by atoms with van der Waals surface area (Å²) in [6, 6.07) is 15.3. The molecule has 0 unspecified atom stereocenters. The van der Waals surface area contributed by atoms with Gasteiger partial charge in [0.25, 0.3) is 0 Å². The summed E-state index contributed by atoms with van der Waals surface area (Å²) >= 11 is 0. The topological polar surface area (TPSA) is 50.8 Å². The normalized spacial score (nSPS) is 12.5. The molecule has 114 valence electrons. The highest BCUT2D eigenvalue weighted by Crippen LogP contribution is 2.32. The third kappa shape index (κ3) is 3.56. The molecule has 5 nitrogen and oxygen atoms in total. The van der Waals surface area contributed by atoms with Gasteiger partial charge in [-0.3, -0.25) is 9.69 Å². The summed E-state index contributed by atoms with van der Waals surface area (Å²) in [6.07, 6.45) is 0. The predicted molar refractivity (Wildman–Crippen MR) is 84.0 cm³/mol. The van der Waals surface area contributed by atoms with E-state index in [-0.39, 0.29) is 12.7 Å². The Morgan fingerprint density at radius 3 is 2.73 bits per heavy atom. The highest BCUT2D eigenvalue weighted by Gasteiger charge is 2.14. The van der Waals surface area contributed by atoms with Crippen molar-refractivity contribution in [1.29, 1.82) is 0 Å². The van der Waals surface area contributed by atoms with Gasteiger partial charge in [0.05, 0.1) is 6.54 Å². The first-order chi connectivity index (χ1) is 10.7. The largest absolute Gasteiger partial charge is 0.454 e. The quantitative estimate of drug-likeness (QED) is 0.921. The molecule has 1 aliphatic rings. The van der Waals surface area contributed by atoms with Gasteiger partial charge in [0.1, 0.15) is 0 Å². The molecule has 2 aromatic carbocycles. The monoisotopic (exact) mass is 298 g/mol. The Bertz CT molecular complexity index is 658. The number of nitrogens with zero attached hydrogens (tertiary/aromatic N) is 1. The average Bonchev–Trinajstić information content (AvgIpc) is 2.95. The van der Waals surface area contributed by atoms with Crippen LogP contribution in [0.5, 0.6) is 11.5 Å². The molecule has 0 saturated carbocycles. The molecule has 0 saturated heterocycles. The number of benzene rings is 2. The van der Waals surface area contributed by atoms with Gasteiger partial charge in [0.2, 0.25) is 12.7 Å². The lowest BCUT2D eigenvalue weighted by Crippen LogP contribution is -2.29. The SMILES string of the molecule is CN(CC(=O)Nc1ccccc1)Cc1ccc2c(c1)OCO2. The molecule has 1 amide bonds. The van der Waals surface area contributed by atoms with E-state index in [1.165, 1.54) is 0 Å². The fourth-order valence-corrected chi connectivity index (χ4v) is 2.37. The van der Waals surface area contributed by atoms with Crippen LogP contribution in [0.4, 0.5) is 5.69 Å². The number of carbonyl (C=O) groups is 1. The lowest BCUT2D eigenvalue weighted by Gasteiger charge is -2.16. The fourth-order valence-electron chi connectivity index (χ4n) is 2.37. The maximum Gasteiger partial charge on any atom is 0.238 e. The zero-order valence-corrected chi connectivity index (χ0v) is 12.4. The van der Waals surface area contributed by atoms with Gasteiger partial charge in [-0.1, -0.05) is 24.3 Å². The highest BCUT2D eigenvalue weighted by atomic mass is 16.7.